The van der Waals surface area contributed by atoms with Crippen molar-refractivity contribution in [2.75, 3.05) is 13.2 Å². The summed E-state index contributed by atoms with van der Waals surface area (Å²) in [5, 5.41) is 52.1. The second-order valence-corrected chi connectivity index (χ2v) is 4.94. The first-order valence-corrected chi connectivity index (χ1v) is 6.23. The van der Waals surface area contributed by atoms with Crippen molar-refractivity contribution in [3.8, 4) is 0 Å². The van der Waals surface area contributed by atoms with E-state index >= 15 is 0 Å². The standard InChI is InChI=1S/C11H22N2O6/c1-5(12-3-8(16)17)2-6-10(18)11(19)9(13-6)7(15)4-14/h5-7,9-15,18-19H,2-4H2,1H3,(H,16,17)/t5?,6?,7-,9+,10+,11+/m1/s1. The molecule has 0 aromatic carbocycles. The Kier molecular flexibility index (Phi) is 6.11. The fourth-order valence-corrected chi connectivity index (χ4v) is 2.28. The third-order valence-electron chi connectivity index (χ3n) is 3.35. The molecule has 112 valence electrons. The Morgan fingerprint density at radius 3 is 2.53 bits per heavy atom. The number of carboxylic acid groups (broad SMARTS) is 1. The first-order valence-electron chi connectivity index (χ1n) is 6.23. The highest BCUT2D eigenvalue weighted by Crippen LogP contribution is 2.20. The molecular weight excluding hydrogens is 256 g/mol. The van der Waals surface area contributed by atoms with Crippen molar-refractivity contribution in [2.24, 2.45) is 0 Å². The van der Waals surface area contributed by atoms with E-state index in [4.69, 9.17) is 10.2 Å². The molecule has 8 nitrogen and oxygen atoms in total. The molecule has 0 saturated carbocycles. The Morgan fingerprint density at radius 1 is 1.37 bits per heavy atom. The minimum Gasteiger partial charge on any atom is -0.480 e. The lowest BCUT2D eigenvalue weighted by Gasteiger charge is -2.21. The molecule has 0 radical (unpaired) electrons. The maximum absolute atomic E-state index is 10.4. The summed E-state index contributed by atoms with van der Waals surface area (Å²) in [4.78, 5) is 10.4. The number of hydrogen-bond acceptors (Lipinski definition) is 7. The van der Waals surface area contributed by atoms with Crippen LogP contribution in [0.15, 0.2) is 0 Å². The van der Waals surface area contributed by atoms with Gasteiger partial charge in [-0.1, -0.05) is 0 Å². The van der Waals surface area contributed by atoms with Crippen LogP contribution in [0, 0.1) is 0 Å². The average Bonchev–Trinajstić information content (AvgIpc) is 2.64. The topological polar surface area (TPSA) is 142 Å². The molecule has 0 amide bonds. The zero-order chi connectivity index (χ0) is 14.6. The summed E-state index contributed by atoms with van der Waals surface area (Å²) in [6.07, 6.45) is -3.00. The number of aliphatic hydroxyl groups is 4. The number of carboxylic acids is 1. The molecule has 0 spiro atoms. The van der Waals surface area contributed by atoms with E-state index in [0.29, 0.717) is 6.42 Å². The van der Waals surface area contributed by atoms with Gasteiger partial charge in [0.05, 0.1) is 37.5 Å². The molecular formula is C11H22N2O6. The van der Waals surface area contributed by atoms with Crippen LogP contribution in [0.3, 0.4) is 0 Å². The van der Waals surface area contributed by atoms with Crippen molar-refractivity contribution < 1.29 is 30.3 Å². The maximum Gasteiger partial charge on any atom is 0.317 e. The van der Waals surface area contributed by atoms with E-state index < -0.39 is 43.0 Å². The molecule has 0 aromatic heterocycles. The van der Waals surface area contributed by atoms with Gasteiger partial charge in [0, 0.05) is 12.1 Å². The van der Waals surface area contributed by atoms with Crippen LogP contribution < -0.4 is 10.6 Å². The first-order chi connectivity index (χ1) is 8.86. The van der Waals surface area contributed by atoms with E-state index in [0.717, 1.165) is 0 Å². The van der Waals surface area contributed by atoms with Crippen molar-refractivity contribution in [1.82, 2.24) is 10.6 Å². The van der Waals surface area contributed by atoms with Gasteiger partial charge in [0.1, 0.15) is 0 Å². The predicted octanol–water partition coefficient (Wildman–Crippen LogP) is -3.15. The van der Waals surface area contributed by atoms with Gasteiger partial charge in [0.25, 0.3) is 0 Å². The van der Waals surface area contributed by atoms with E-state index in [9.17, 15) is 20.1 Å². The molecule has 1 aliphatic heterocycles. The Bertz CT molecular complexity index is 303. The van der Waals surface area contributed by atoms with Crippen molar-refractivity contribution in [1.29, 1.82) is 0 Å². The average molecular weight is 278 g/mol. The van der Waals surface area contributed by atoms with E-state index in [2.05, 4.69) is 10.6 Å². The number of aliphatic hydroxyl groups excluding tert-OH is 4. The number of aliphatic carboxylic acids is 1. The summed E-state index contributed by atoms with van der Waals surface area (Å²) in [5.41, 5.74) is 0. The van der Waals surface area contributed by atoms with Gasteiger partial charge in [0.2, 0.25) is 0 Å². The van der Waals surface area contributed by atoms with E-state index in [1.54, 1.807) is 6.92 Å². The minimum atomic E-state index is -1.17. The molecule has 8 heteroatoms. The van der Waals surface area contributed by atoms with Gasteiger partial charge in [-0.25, -0.2) is 0 Å². The summed E-state index contributed by atoms with van der Waals surface area (Å²) in [6, 6.07) is -1.45. The van der Waals surface area contributed by atoms with Gasteiger partial charge in [-0.2, -0.15) is 0 Å². The summed E-state index contributed by atoms with van der Waals surface area (Å²) in [5.74, 6) is -0.972. The second kappa shape index (κ2) is 7.13. The zero-order valence-corrected chi connectivity index (χ0v) is 10.7. The lowest BCUT2D eigenvalue weighted by molar-refractivity contribution is -0.136. The summed E-state index contributed by atoms with van der Waals surface area (Å²) < 4.78 is 0. The van der Waals surface area contributed by atoms with Gasteiger partial charge in [-0.3, -0.25) is 4.79 Å². The van der Waals surface area contributed by atoms with Gasteiger partial charge in [-0.15, -0.1) is 0 Å². The van der Waals surface area contributed by atoms with Crippen LogP contribution in [-0.2, 0) is 4.79 Å². The van der Waals surface area contributed by atoms with E-state index in [1.807, 2.05) is 0 Å². The third kappa shape index (κ3) is 4.37. The van der Waals surface area contributed by atoms with Crippen LogP contribution in [0.5, 0.6) is 0 Å². The molecule has 1 fully saturated rings. The summed E-state index contributed by atoms with van der Waals surface area (Å²) >= 11 is 0. The number of carbonyl (C=O) groups is 1. The van der Waals surface area contributed by atoms with Crippen LogP contribution in [0.4, 0.5) is 0 Å². The van der Waals surface area contributed by atoms with E-state index in [-0.39, 0.29) is 12.6 Å². The number of hydrogen-bond donors (Lipinski definition) is 7. The lowest BCUT2D eigenvalue weighted by Crippen LogP contribution is -2.46. The highest BCUT2D eigenvalue weighted by Gasteiger charge is 2.44. The monoisotopic (exact) mass is 278 g/mol. The van der Waals surface area contributed by atoms with Gasteiger partial charge < -0.3 is 36.2 Å². The summed E-state index contributed by atoms with van der Waals surface area (Å²) in [7, 11) is 0. The SMILES string of the molecule is CC(CC1N[C@@H]([C@H](O)CO)[C@H](O)[C@H]1O)NCC(=O)O. The smallest absolute Gasteiger partial charge is 0.317 e. The zero-order valence-electron chi connectivity index (χ0n) is 10.7. The first kappa shape index (κ1) is 16.3. The fourth-order valence-electron chi connectivity index (χ4n) is 2.28. The van der Waals surface area contributed by atoms with Crippen molar-refractivity contribution in [2.45, 2.75) is 49.8 Å². The highest BCUT2D eigenvalue weighted by molar-refractivity contribution is 5.69. The van der Waals surface area contributed by atoms with Crippen molar-refractivity contribution in [3.63, 3.8) is 0 Å². The molecule has 1 heterocycles. The molecule has 19 heavy (non-hydrogen) atoms. The molecule has 0 aromatic rings. The quantitative estimate of drug-likeness (QED) is 0.259. The molecule has 1 saturated heterocycles. The lowest BCUT2D eigenvalue weighted by atomic mass is 10.0. The van der Waals surface area contributed by atoms with Crippen LogP contribution in [0.25, 0.3) is 0 Å². The Morgan fingerprint density at radius 2 is 2.00 bits per heavy atom. The number of rotatable bonds is 7. The van der Waals surface area contributed by atoms with Crippen LogP contribution >= 0.6 is 0 Å². The van der Waals surface area contributed by atoms with Gasteiger partial charge in [0.15, 0.2) is 0 Å². The molecule has 2 unspecified atom stereocenters. The Hall–Kier alpha value is -0.770. The van der Waals surface area contributed by atoms with Crippen LogP contribution in [-0.4, -0.2) is 81.1 Å². The second-order valence-electron chi connectivity index (χ2n) is 4.94. The Labute approximate surface area is 111 Å². The molecule has 7 N–H and O–H groups in total. The molecule has 6 atom stereocenters. The molecule has 1 aliphatic rings. The van der Waals surface area contributed by atoms with Gasteiger partial charge >= 0.3 is 5.97 Å². The van der Waals surface area contributed by atoms with Crippen molar-refractivity contribution >= 4 is 5.97 Å². The minimum absolute atomic E-state index is 0.180. The largest absolute Gasteiger partial charge is 0.480 e. The normalized spacial score (nSPS) is 34.2. The van der Waals surface area contributed by atoms with Crippen LogP contribution in [0.2, 0.25) is 0 Å². The maximum atomic E-state index is 10.4. The summed E-state index contributed by atoms with van der Waals surface area (Å²) in [6.45, 7) is 1.07. The van der Waals surface area contributed by atoms with E-state index in [1.165, 1.54) is 0 Å². The fraction of sp³-hybridized carbons (Fsp3) is 0.909. The van der Waals surface area contributed by atoms with Crippen molar-refractivity contribution in [3.05, 3.63) is 0 Å². The van der Waals surface area contributed by atoms with Crippen LogP contribution in [0.1, 0.15) is 13.3 Å². The number of nitrogens with one attached hydrogen (secondary N) is 2. The molecule has 1 rings (SSSR count). The third-order valence-corrected chi connectivity index (χ3v) is 3.35. The predicted molar refractivity (Wildman–Crippen MR) is 65.5 cm³/mol. The Balaban J connectivity index is 2.48. The van der Waals surface area contributed by atoms with Gasteiger partial charge in [-0.05, 0) is 13.3 Å². The molecule has 0 bridgehead atoms. The highest BCUT2D eigenvalue weighted by atomic mass is 16.4. The molecule has 0 aliphatic carbocycles.